The quantitative estimate of drug-likeness (QED) is 0.335. The second-order valence-electron chi connectivity index (χ2n) is 9.45. The van der Waals surface area contributed by atoms with Gasteiger partial charge < -0.3 is 20.5 Å². The molecular formula is C25H26N8O3S. The van der Waals surface area contributed by atoms with E-state index in [4.69, 9.17) is 10.3 Å². The highest BCUT2D eigenvalue weighted by atomic mass is 32.2. The summed E-state index contributed by atoms with van der Waals surface area (Å²) in [4.78, 5) is 28.8. The second-order valence-corrected chi connectivity index (χ2v) is 10.5. The maximum atomic E-state index is 13.7. The number of nitrogens with one attached hydrogen (secondary N) is 2. The van der Waals surface area contributed by atoms with Crippen LogP contribution in [0.3, 0.4) is 0 Å². The van der Waals surface area contributed by atoms with Gasteiger partial charge in [-0.3, -0.25) is 9.59 Å². The summed E-state index contributed by atoms with van der Waals surface area (Å²) >= 11 is 1.52. The molecule has 1 atom stereocenters. The first-order valence-corrected chi connectivity index (χ1v) is 12.7. The molecule has 2 amide bonds. The van der Waals surface area contributed by atoms with Crippen LogP contribution in [-0.4, -0.2) is 54.9 Å². The summed E-state index contributed by atoms with van der Waals surface area (Å²) in [6, 6.07) is 16.2. The molecule has 0 saturated carbocycles. The first-order chi connectivity index (χ1) is 17.8. The molecule has 0 bridgehead atoms. The smallest absolute Gasteiger partial charge is 0.250 e. The summed E-state index contributed by atoms with van der Waals surface area (Å²) < 4.78 is 5.66. The van der Waals surface area contributed by atoms with E-state index in [-0.39, 0.29) is 24.8 Å². The number of thioether (sulfide) groups is 1. The lowest BCUT2D eigenvalue weighted by Crippen LogP contribution is -2.51. The number of rotatable bonds is 7. The average Bonchev–Trinajstić information content (AvgIpc) is 3.54. The summed E-state index contributed by atoms with van der Waals surface area (Å²) in [5.74, 6) is 0.834. The van der Waals surface area contributed by atoms with Gasteiger partial charge in [0.25, 0.3) is 5.91 Å². The number of carbonyl (C=O) groups excluding carboxylic acids is 2. The molecule has 2 aromatic carbocycles. The highest BCUT2D eigenvalue weighted by Crippen LogP contribution is 2.36. The Morgan fingerprint density at radius 2 is 1.97 bits per heavy atom. The molecular weight excluding hydrogens is 492 g/mol. The zero-order valence-corrected chi connectivity index (χ0v) is 21.2. The van der Waals surface area contributed by atoms with Gasteiger partial charge in [-0.15, -0.1) is 22.0 Å². The molecule has 2 aromatic heterocycles. The van der Waals surface area contributed by atoms with Crippen LogP contribution in [0, 0.1) is 0 Å². The number of H-pyrrole nitrogens is 1. The van der Waals surface area contributed by atoms with Gasteiger partial charge in [-0.2, -0.15) is 5.21 Å². The molecule has 0 saturated heterocycles. The zero-order valence-electron chi connectivity index (χ0n) is 20.3. The van der Waals surface area contributed by atoms with E-state index >= 15 is 0 Å². The molecule has 5 rings (SSSR count). The molecule has 1 aliphatic rings. The second kappa shape index (κ2) is 10.1. The van der Waals surface area contributed by atoms with E-state index < -0.39 is 11.6 Å². The summed E-state index contributed by atoms with van der Waals surface area (Å²) in [7, 11) is 0. The monoisotopic (exact) mass is 518 g/mol. The number of aromatic nitrogens is 5. The van der Waals surface area contributed by atoms with Crippen LogP contribution in [-0.2, 0) is 16.1 Å². The van der Waals surface area contributed by atoms with Gasteiger partial charge in [0.05, 0.1) is 12.2 Å². The molecule has 4 aromatic rings. The number of amides is 2. The molecule has 0 fully saturated rings. The Hall–Kier alpha value is -4.03. The number of fused-ring (bicyclic) bond motifs is 1. The van der Waals surface area contributed by atoms with E-state index in [0.29, 0.717) is 23.0 Å². The van der Waals surface area contributed by atoms with Gasteiger partial charge in [0.2, 0.25) is 11.7 Å². The van der Waals surface area contributed by atoms with Crippen molar-refractivity contribution in [1.82, 2.24) is 31.1 Å². The Morgan fingerprint density at radius 1 is 1.22 bits per heavy atom. The van der Waals surface area contributed by atoms with E-state index in [2.05, 4.69) is 31.1 Å². The third-order valence-electron chi connectivity index (χ3n) is 5.74. The molecule has 0 aliphatic carbocycles. The van der Waals surface area contributed by atoms with Gasteiger partial charge in [-0.25, -0.2) is 0 Å². The Labute approximate surface area is 217 Å². The molecule has 37 heavy (non-hydrogen) atoms. The van der Waals surface area contributed by atoms with Crippen LogP contribution < -0.4 is 16.0 Å². The molecule has 1 aliphatic heterocycles. The Bertz CT molecular complexity index is 1410. The lowest BCUT2D eigenvalue weighted by Gasteiger charge is -2.26. The standard InChI is InChI=1S/C25H26N8O3S/c1-25(2,26)12-22(34)27-19-14-37-21-10-6-5-9-20(21)33(24(19)35)13-15-11-18(30-36-15)16-7-3-4-8-17(16)23-28-31-32-29-23/h3-11,19H,12-14,26H2,1-2H3,(H,27,34)(H,28,29,31,32)/t19-/m1/s1. The van der Waals surface area contributed by atoms with Crippen LogP contribution in [0.25, 0.3) is 22.6 Å². The van der Waals surface area contributed by atoms with E-state index in [1.165, 1.54) is 11.8 Å². The molecule has 11 nitrogen and oxygen atoms in total. The number of para-hydroxylation sites is 1. The van der Waals surface area contributed by atoms with Crippen LogP contribution in [0.1, 0.15) is 26.0 Å². The molecule has 3 heterocycles. The van der Waals surface area contributed by atoms with Crippen molar-refractivity contribution in [3.63, 3.8) is 0 Å². The highest BCUT2D eigenvalue weighted by molar-refractivity contribution is 7.99. The molecule has 0 unspecified atom stereocenters. The topological polar surface area (TPSA) is 156 Å². The van der Waals surface area contributed by atoms with E-state index in [1.54, 1.807) is 24.8 Å². The molecule has 0 spiro atoms. The van der Waals surface area contributed by atoms with Crippen LogP contribution >= 0.6 is 11.8 Å². The number of anilines is 1. The average molecular weight is 519 g/mol. The van der Waals surface area contributed by atoms with Gasteiger partial charge >= 0.3 is 0 Å². The number of nitrogens with zero attached hydrogens (tertiary/aromatic N) is 5. The SMILES string of the molecule is CC(C)(N)CC(=O)N[C@@H]1CSc2ccccc2N(Cc2cc(-c3ccccc3-c3nn[nH]n3)no2)C1=O. The summed E-state index contributed by atoms with van der Waals surface area (Å²) in [5.41, 5.74) is 8.17. The summed E-state index contributed by atoms with van der Waals surface area (Å²) in [6.45, 7) is 3.69. The molecule has 4 N–H and O–H groups in total. The van der Waals surface area contributed by atoms with Crippen LogP contribution in [0.15, 0.2) is 64.0 Å². The normalized spacial score (nSPS) is 15.8. The number of aromatic amines is 1. The van der Waals surface area contributed by atoms with Crippen molar-refractivity contribution in [3.05, 3.63) is 60.4 Å². The first kappa shape index (κ1) is 24.7. The number of benzene rings is 2. The van der Waals surface area contributed by atoms with Crippen molar-refractivity contribution in [2.24, 2.45) is 5.73 Å². The third kappa shape index (κ3) is 5.54. The van der Waals surface area contributed by atoms with Crippen LogP contribution in [0.4, 0.5) is 5.69 Å². The lowest BCUT2D eigenvalue weighted by molar-refractivity contribution is -0.127. The maximum absolute atomic E-state index is 13.7. The minimum absolute atomic E-state index is 0.111. The molecule has 190 valence electrons. The zero-order chi connectivity index (χ0) is 26.0. The number of nitrogens with two attached hydrogens (primary N) is 1. The largest absolute Gasteiger partial charge is 0.359 e. The minimum atomic E-state index is -0.714. The van der Waals surface area contributed by atoms with Gasteiger partial charge in [0.1, 0.15) is 11.7 Å². The van der Waals surface area contributed by atoms with Crippen molar-refractivity contribution in [2.75, 3.05) is 10.7 Å². The predicted molar refractivity (Wildman–Crippen MR) is 138 cm³/mol. The van der Waals surface area contributed by atoms with Gasteiger partial charge in [-0.1, -0.05) is 41.6 Å². The maximum Gasteiger partial charge on any atom is 0.250 e. The predicted octanol–water partition coefficient (Wildman–Crippen LogP) is 2.77. The number of hydrogen-bond acceptors (Lipinski definition) is 9. The van der Waals surface area contributed by atoms with E-state index in [1.807, 2.05) is 48.5 Å². The Kier molecular flexibility index (Phi) is 6.76. The molecule has 12 heteroatoms. The van der Waals surface area contributed by atoms with Crippen molar-refractivity contribution < 1.29 is 14.1 Å². The lowest BCUT2D eigenvalue weighted by atomic mass is 10.0. The molecule has 0 radical (unpaired) electrons. The van der Waals surface area contributed by atoms with Crippen molar-refractivity contribution in [2.45, 2.75) is 43.3 Å². The fraction of sp³-hybridized carbons (Fsp3) is 0.280. The number of tetrazole rings is 1. The van der Waals surface area contributed by atoms with Gasteiger partial charge in [0.15, 0.2) is 5.76 Å². The summed E-state index contributed by atoms with van der Waals surface area (Å²) in [6.07, 6.45) is 0.111. The van der Waals surface area contributed by atoms with Crippen LogP contribution in [0.2, 0.25) is 0 Å². The van der Waals surface area contributed by atoms with Gasteiger partial charge in [-0.05, 0) is 31.2 Å². The van der Waals surface area contributed by atoms with Crippen LogP contribution in [0.5, 0.6) is 0 Å². The highest BCUT2D eigenvalue weighted by Gasteiger charge is 2.33. The van der Waals surface area contributed by atoms with Crippen molar-refractivity contribution >= 4 is 29.3 Å². The van der Waals surface area contributed by atoms with E-state index in [9.17, 15) is 9.59 Å². The fourth-order valence-corrected chi connectivity index (χ4v) is 5.20. The number of hydrogen-bond donors (Lipinski definition) is 3. The Morgan fingerprint density at radius 3 is 2.73 bits per heavy atom. The fourth-order valence-electron chi connectivity index (χ4n) is 4.13. The summed E-state index contributed by atoms with van der Waals surface area (Å²) in [5, 5.41) is 21.4. The van der Waals surface area contributed by atoms with Crippen molar-refractivity contribution in [3.8, 4) is 22.6 Å². The van der Waals surface area contributed by atoms with Gasteiger partial charge in [0, 0.05) is 39.8 Å². The van der Waals surface area contributed by atoms with E-state index in [0.717, 1.165) is 21.7 Å². The minimum Gasteiger partial charge on any atom is -0.359 e. The van der Waals surface area contributed by atoms with Crippen molar-refractivity contribution in [1.29, 1.82) is 0 Å². The third-order valence-corrected chi connectivity index (χ3v) is 6.90. The first-order valence-electron chi connectivity index (χ1n) is 11.7. The number of carbonyl (C=O) groups is 2. The Balaban J connectivity index is 1.42.